The SMILES string of the molecule is CC.CC1(C)OC(=O)C2C3CCC(C3)C21.CC1(C)OC(=O)C2C3CCC(O3)C21.CCC(C)(C)C(=O)OC.CCC(C)C(=O)OC.CCC(C)C(=O)OC.CCC(C)C(=O)OC.CCC(C)C(=O)OC.O=C1OC2(CCCC2)C2C3CCC(O3)C12.O=C1OC2(CCCC2)C2C3CCC(O3)C12.O=C1OC2(CCCCC2)C2C3CCC(O3)C12. The average Bonchev–Trinajstić information content (AvgIpc) is 1.56. The summed E-state index contributed by atoms with van der Waals surface area (Å²) in [5.74, 6) is 3.76. The summed E-state index contributed by atoms with van der Waals surface area (Å²) in [5, 5.41) is 0. The van der Waals surface area contributed by atoms with Crippen LogP contribution in [0, 0.1) is 100 Å². The maximum Gasteiger partial charge on any atom is 0.312 e. The molecule has 10 bridgehead atoms. The Hall–Kier alpha value is -5.46. The van der Waals surface area contributed by atoms with E-state index in [2.05, 4.69) is 37.5 Å². The summed E-state index contributed by atoms with van der Waals surface area (Å²) < 4.78 is 74.0. The average molecular weight is 1630 g/mol. The molecule has 3 spiro atoms. The third kappa shape index (κ3) is 20.4. The normalized spacial score (nSPS) is 35.8. The van der Waals surface area contributed by atoms with Crippen LogP contribution in [0.3, 0.4) is 0 Å². The molecule has 0 aromatic rings. The first-order valence-corrected chi connectivity index (χ1v) is 44.7. The lowest BCUT2D eigenvalue weighted by atomic mass is 9.67. The largest absolute Gasteiger partial charge is 0.469 e. The minimum Gasteiger partial charge on any atom is -0.469 e. The van der Waals surface area contributed by atoms with Gasteiger partial charge < -0.3 is 66.3 Å². The molecule has 24 nitrogen and oxygen atoms in total. The van der Waals surface area contributed by atoms with Gasteiger partial charge in [0.2, 0.25) is 0 Å². The maximum atomic E-state index is 12.0. The van der Waals surface area contributed by atoms with Gasteiger partial charge in [-0.15, -0.1) is 0 Å². The number of hydrogen-bond acceptors (Lipinski definition) is 24. The van der Waals surface area contributed by atoms with E-state index in [0.717, 1.165) is 128 Å². The fraction of sp³-hybridized carbons (Fsp3) is 0.890. The quantitative estimate of drug-likeness (QED) is 0.145. The van der Waals surface area contributed by atoms with Gasteiger partial charge in [-0.1, -0.05) is 82.6 Å². The summed E-state index contributed by atoms with van der Waals surface area (Å²) in [6.45, 7) is 33.1. The standard InChI is InChI=1S/C13H18O3.2C12H16O3.C11H16O2.C10H14O3.C7H14O2.4C6H12O2.C2H6/c14-12-10-8-4-5-9(15-8)11(10)13(16-12)6-2-1-3-7-13;2*13-11-9-7-3-4-8(14-7)10(9)12(15-11)5-1-2-6-12;1-11(2)9-7-4-3-6(5-7)8(9)10(12)13-11;1-10(2)8-6-4-3-5(12-6)7(8)9(11)13-10;1-5-7(2,3)6(8)9-4;4*1-4-5(2)6(7)8-3;1-2/h8-11H,1-7H2;2*7-10H,1-6H2;6-9H,3-5H2,1-2H3;5-8H,3-4H2,1-2H3;5H2,1-4H3;4*5H,4H2,1-3H3;1-2H3. The summed E-state index contributed by atoms with van der Waals surface area (Å²) in [6, 6.07) is 0. The van der Waals surface area contributed by atoms with Crippen LogP contribution in [-0.4, -0.2) is 172 Å². The molecule has 24 atom stereocenters. The van der Waals surface area contributed by atoms with Crippen molar-refractivity contribution < 1.29 is 114 Å². The molecule has 5 aliphatic carbocycles. The second-order valence-electron chi connectivity index (χ2n) is 37.3. The van der Waals surface area contributed by atoms with Gasteiger partial charge in [-0.25, -0.2) is 0 Å². The molecule has 0 N–H and O–H groups in total. The van der Waals surface area contributed by atoms with Crippen molar-refractivity contribution in [2.45, 2.75) is 381 Å². The molecule has 0 amide bonds. The van der Waals surface area contributed by atoms with Gasteiger partial charge in [0.15, 0.2) is 0 Å². The summed E-state index contributed by atoms with van der Waals surface area (Å²) >= 11 is 0. The number of carbonyl (C=O) groups is 10. The highest BCUT2D eigenvalue weighted by Crippen LogP contribution is 2.63. The van der Waals surface area contributed by atoms with Gasteiger partial charge in [-0.3, -0.25) is 47.9 Å². The summed E-state index contributed by atoms with van der Waals surface area (Å²) in [6.07, 6.45) is 33.9. The summed E-state index contributed by atoms with van der Waals surface area (Å²) in [4.78, 5) is 112. The number of hydrogen-bond donors (Lipinski definition) is 0. The first-order valence-electron chi connectivity index (χ1n) is 44.7. The van der Waals surface area contributed by atoms with E-state index in [1.807, 2.05) is 104 Å². The molecule has 0 aromatic carbocycles. The molecule has 24 unspecified atom stereocenters. The highest BCUT2D eigenvalue weighted by Gasteiger charge is 2.71. The highest BCUT2D eigenvalue weighted by atomic mass is 16.6. The van der Waals surface area contributed by atoms with Crippen molar-refractivity contribution in [2.75, 3.05) is 35.5 Å². The molecule has 18 aliphatic rings. The number of rotatable bonds is 10. The van der Waals surface area contributed by atoms with Crippen LogP contribution in [-0.2, 0) is 114 Å². The van der Waals surface area contributed by atoms with E-state index in [1.165, 1.54) is 99.8 Å². The number of fused-ring (bicyclic) bond motifs is 28. The van der Waals surface area contributed by atoms with Crippen LogP contribution in [0.1, 0.15) is 304 Å². The number of esters is 10. The van der Waals surface area contributed by atoms with Crippen LogP contribution in [0.2, 0.25) is 0 Å². The van der Waals surface area contributed by atoms with Gasteiger partial charge in [0.25, 0.3) is 0 Å². The summed E-state index contributed by atoms with van der Waals surface area (Å²) in [5.41, 5.74) is -1.14. The number of carbonyl (C=O) groups excluding carboxylic acids is 10. The van der Waals surface area contributed by atoms with Crippen molar-refractivity contribution in [3.8, 4) is 0 Å². The third-order valence-electron chi connectivity index (χ3n) is 29.5. The van der Waals surface area contributed by atoms with E-state index in [4.69, 9.17) is 42.6 Å². The molecule has 656 valence electrons. The van der Waals surface area contributed by atoms with E-state index in [0.29, 0.717) is 53.8 Å². The summed E-state index contributed by atoms with van der Waals surface area (Å²) in [7, 11) is 7.06. The molecule has 115 heavy (non-hydrogen) atoms. The minimum atomic E-state index is -0.311. The van der Waals surface area contributed by atoms with Crippen molar-refractivity contribution in [1.82, 2.24) is 0 Å². The van der Waals surface area contributed by atoms with E-state index in [9.17, 15) is 47.9 Å². The second-order valence-corrected chi connectivity index (χ2v) is 37.3. The molecular weight excluding hydrogens is 1480 g/mol. The van der Waals surface area contributed by atoms with Crippen molar-refractivity contribution in [1.29, 1.82) is 0 Å². The maximum absolute atomic E-state index is 12.0. The zero-order valence-corrected chi connectivity index (χ0v) is 74.2. The van der Waals surface area contributed by atoms with Gasteiger partial charge in [0.1, 0.15) is 28.0 Å². The molecular formula is C91H148O24. The van der Waals surface area contributed by atoms with Gasteiger partial charge in [-0.2, -0.15) is 0 Å². The Bertz CT molecular complexity index is 3060. The Kier molecular flexibility index (Phi) is 33.7. The lowest BCUT2D eigenvalue weighted by Gasteiger charge is -2.38. The van der Waals surface area contributed by atoms with Crippen molar-refractivity contribution in [3.63, 3.8) is 0 Å². The first kappa shape index (κ1) is 95.0. The number of ether oxygens (including phenoxy) is 14. The van der Waals surface area contributed by atoms with Crippen molar-refractivity contribution in [2.24, 2.45) is 100 Å². The molecule has 0 radical (unpaired) electrons. The van der Waals surface area contributed by atoms with Gasteiger partial charge in [0.05, 0.1) is 143 Å². The Labute approximate surface area is 687 Å². The van der Waals surface area contributed by atoms with E-state index in [-0.39, 0.29) is 177 Å². The zero-order chi connectivity index (χ0) is 85.0. The van der Waals surface area contributed by atoms with Crippen molar-refractivity contribution in [3.05, 3.63) is 0 Å². The minimum absolute atomic E-state index is 0.0359. The molecule has 13 saturated heterocycles. The van der Waals surface area contributed by atoms with E-state index >= 15 is 0 Å². The number of cyclic esters (lactones) is 2. The molecule has 24 heteroatoms. The number of methoxy groups -OCH3 is 5. The molecule has 5 saturated carbocycles. The lowest BCUT2D eigenvalue weighted by molar-refractivity contribution is -0.159. The first-order chi connectivity index (χ1) is 54.5. The zero-order valence-electron chi connectivity index (χ0n) is 74.2. The van der Waals surface area contributed by atoms with Crippen LogP contribution in [0.15, 0.2) is 0 Å². The van der Waals surface area contributed by atoms with Crippen LogP contribution in [0.25, 0.3) is 0 Å². The topological polar surface area (TPSA) is 300 Å². The molecule has 18 fully saturated rings. The Morgan fingerprint density at radius 2 is 0.600 bits per heavy atom. The molecule has 13 aliphatic heterocycles. The smallest absolute Gasteiger partial charge is 0.312 e. The van der Waals surface area contributed by atoms with E-state index < -0.39 is 0 Å². The highest BCUT2D eigenvalue weighted by molar-refractivity contribution is 5.81. The Morgan fingerprint density at radius 1 is 0.348 bits per heavy atom. The van der Waals surface area contributed by atoms with E-state index in [1.54, 1.807) is 0 Å². The molecule has 18 rings (SSSR count). The van der Waals surface area contributed by atoms with Gasteiger partial charge in [-0.05, 0) is 233 Å². The van der Waals surface area contributed by atoms with Gasteiger partial charge >= 0.3 is 59.7 Å². The van der Waals surface area contributed by atoms with Crippen molar-refractivity contribution >= 4 is 59.7 Å². The van der Waals surface area contributed by atoms with Crippen LogP contribution in [0.4, 0.5) is 0 Å². The fourth-order valence-corrected chi connectivity index (χ4v) is 22.5. The van der Waals surface area contributed by atoms with Gasteiger partial charge in [0, 0.05) is 29.6 Å². The van der Waals surface area contributed by atoms with Crippen LogP contribution >= 0.6 is 0 Å². The van der Waals surface area contributed by atoms with Crippen LogP contribution in [0.5, 0.6) is 0 Å². The predicted molar refractivity (Wildman–Crippen MR) is 427 cm³/mol. The lowest BCUT2D eigenvalue weighted by Crippen LogP contribution is -2.43. The van der Waals surface area contributed by atoms with Crippen LogP contribution < -0.4 is 0 Å². The Morgan fingerprint density at radius 3 is 0.852 bits per heavy atom. The Balaban J connectivity index is 0.000000162. The monoisotopic (exact) mass is 1630 g/mol. The molecule has 13 heterocycles. The predicted octanol–water partition coefficient (Wildman–Crippen LogP) is 15.9. The fourth-order valence-electron chi connectivity index (χ4n) is 22.5. The molecule has 0 aromatic heterocycles. The third-order valence-corrected chi connectivity index (χ3v) is 29.5. The second kappa shape index (κ2) is 40.7.